The maximum Gasteiger partial charge on any atom is 0.166 e. The highest BCUT2D eigenvalue weighted by Gasteiger charge is 2.07. The minimum atomic E-state index is -0.605. The van der Waals surface area contributed by atoms with Crippen LogP contribution in [0.1, 0.15) is 5.56 Å². The fraction of sp³-hybridized carbons (Fsp3) is 0.125. The minimum absolute atomic E-state index is 0.152. The zero-order valence-electron chi connectivity index (χ0n) is 5.94. The van der Waals surface area contributed by atoms with Crippen molar-refractivity contribution in [3.63, 3.8) is 0 Å². The highest BCUT2D eigenvalue weighted by molar-refractivity contribution is 6.32. The molecular formula is C8H4Cl2FN. The highest BCUT2D eigenvalue weighted by atomic mass is 35.5. The molecule has 0 aliphatic carbocycles. The van der Waals surface area contributed by atoms with E-state index in [0.29, 0.717) is 5.56 Å². The molecule has 0 aliphatic rings. The Labute approximate surface area is 79.5 Å². The van der Waals surface area contributed by atoms with Crippen molar-refractivity contribution in [1.29, 1.82) is 0 Å². The lowest BCUT2D eigenvalue weighted by Crippen LogP contribution is -1.91. The van der Waals surface area contributed by atoms with E-state index >= 15 is 0 Å². The molecule has 12 heavy (non-hydrogen) atoms. The van der Waals surface area contributed by atoms with Crippen molar-refractivity contribution < 1.29 is 4.39 Å². The Morgan fingerprint density at radius 2 is 2.17 bits per heavy atom. The van der Waals surface area contributed by atoms with Crippen molar-refractivity contribution >= 4 is 23.2 Å². The quantitative estimate of drug-likeness (QED) is 0.506. The van der Waals surface area contributed by atoms with Gasteiger partial charge in [0.15, 0.2) is 11.0 Å². The summed E-state index contributed by atoms with van der Waals surface area (Å²) in [6.07, 6.45) is 5.28. The summed E-state index contributed by atoms with van der Waals surface area (Å²) in [6, 6.07) is 1.19. The first kappa shape index (κ1) is 9.31. The number of halogens is 3. The molecule has 0 atom stereocenters. The van der Waals surface area contributed by atoms with Crippen molar-refractivity contribution in [3.8, 4) is 12.3 Å². The molecule has 4 heteroatoms. The Morgan fingerprint density at radius 1 is 1.50 bits per heavy atom. The summed E-state index contributed by atoms with van der Waals surface area (Å²) in [5.74, 6) is 1.73. The first-order valence-electron chi connectivity index (χ1n) is 3.09. The average molecular weight is 204 g/mol. The van der Waals surface area contributed by atoms with E-state index in [1.54, 1.807) is 0 Å². The first-order chi connectivity index (χ1) is 5.65. The second-order valence-corrected chi connectivity index (χ2v) is 2.81. The maximum atomic E-state index is 12.8. The SMILES string of the molecule is C#CCc1cc(F)c(Cl)nc1Cl. The van der Waals surface area contributed by atoms with Gasteiger partial charge in [-0.05, 0) is 6.07 Å². The Balaban J connectivity index is 3.16. The van der Waals surface area contributed by atoms with Crippen LogP contribution in [0.2, 0.25) is 10.3 Å². The highest BCUT2D eigenvalue weighted by Crippen LogP contribution is 2.20. The molecule has 0 fully saturated rings. The van der Waals surface area contributed by atoms with Crippen LogP contribution >= 0.6 is 23.2 Å². The van der Waals surface area contributed by atoms with E-state index in [9.17, 15) is 4.39 Å². The number of terminal acetylenes is 1. The zero-order chi connectivity index (χ0) is 9.14. The predicted molar refractivity (Wildman–Crippen MR) is 46.8 cm³/mol. The second-order valence-electron chi connectivity index (χ2n) is 2.09. The standard InChI is InChI=1S/C8H4Cl2FN/c1-2-3-5-4-6(11)8(10)12-7(5)9/h1,4H,3H2. The molecule has 0 saturated carbocycles. The lowest BCUT2D eigenvalue weighted by Gasteiger charge is -1.99. The fourth-order valence-corrected chi connectivity index (χ4v) is 1.11. The van der Waals surface area contributed by atoms with E-state index in [-0.39, 0.29) is 16.7 Å². The number of hydrogen-bond acceptors (Lipinski definition) is 1. The molecule has 1 aromatic rings. The van der Waals surface area contributed by atoms with Crippen LogP contribution in [0, 0.1) is 18.2 Å². The van der Waals surface area contributed by atoms with E-state index < -0.39 is 5.82 Å². The van der Waals surface area contributed by atoms with Crippen LogP contribution in [-0.4, -0.2) is 4.98 Å². The maximum absolute atomic E-state index is 12.8. The number of pyridine rings is 1. The summed E-state index contributed by atoms with van der Waals surface area (Å²) in [7, 11) is 0. The Kier molecular flexibility index (Phi) is 2.91. The molecular weight excluding hydrogens is 200 g/mol. The van der Waals surface area contributed by atoms with E-state index in [0.717, 1.165) is 0 Å². The number of aromatic nitrogens is 1. The van der Waals surface area contributed by atoms with Gasteiger partial charge in [0, 0.05) is 12.0 Å². The van der Waals surface area contributed by atoms with Gasteiger partial charge in [0.2, 0.25) is 0 Å². The predicted octanol–water partition coefficient (Wildman–Crippen LogP) is 2.70. The molecule has 62 valence electrons. The average Bonchev–Trinajstić information content (AvgIpc) is 2.01. The monoisotopic (exact) mass is 203 g/mol. The molecule has 1 nitrogen and oxygen atoms in total. The first-order valence-corrected chi connectivity index (χ1v) is 3.84. The summed E-state index contributed by atoms with van der Waals surface area (Å²) in [5, 5.41) is -0.0832. The summed E-state index contributed by atoms with van der Waals surface area (Å²) >= 11 is 11.0. The van der Waals surface area contributed by atoms with Crippen LogP contribution < -0.4 is 0 Å². The number of nitrogens with zero attached hydrogens (tertiary/aromatic N) is 1. The van der Waals surface area contributed by atoms with E-state index in [2.05, 4.69) is 10.9 Å². The Morgan fingerprint density at radius 3 is 2.75 bits per heavy atom. The largest absolute Gasteiger partial charge is 0.221 e. The summed E-state index contributed by atoms with van der Waals surface area (Å²) in [5.41, 5.74) is 0.473. The summed E-state index contributed by atoms with van der Waals surface area (Å²) in [6.45, 7) is 0. The van der Waals surface area contributed by atoms with Crippen LogP contribution in [0.15, 0.2) is 6.07 Å². The van der Waals surface area contributed by atoms with Crippen LogP contribution in [0.5, 0.6) is 0 Å². The summed E-state index contributed by atoms with van der Waals surface area (Å²) < 4.78 is 12.8. The van der Waals surface area contributed by atoms with Gasteiger partial charge in [0.1, 0.15) is 5.15 Å². The van der Waals surface area contributed by atoms with E-state index in [1.807, 2.05) is 0 Å². The molecule has 0 spiro atoms. The van der Waals surface area contributed by atoms with Gasteiger partial charge < -0.3 is 0 Å². The zero-order valence-corrected chi connectivity index (χ0v) is 7.45. The van der Waals surface area contributed by atoms with Gasteiger partial charge in [0.05, 0.1) is 0 Å². The minimum Gasteiger partial charge on any atom is -0.221 e. The molecule has 0 amide bonds. The van der Waals surface area contributed by atoms with Crippen molar-refractivity contribution in [2.24, 2.45) is 0 Å². The molecule has 0 saturated heterocycles. The molecule has 1 aromatic heterocycles. The third kappa shape index (κ3) is 1.88. The molecule has 0 bridgehead atoms. The van der Waals surface area contributed by atoms with Gasteiger partial charge in [-0.1, -0.05) is 23.2 Å². The Bertz CT molecular complexity index is 344. The van der Waals surface area contributed by atoms with E-state index in [1.165, 1.54) is 6.07 Å². The molecule has 0 unspecified atom stereocenters. The van der Waals surface area contributed by atoms with Gasteiger partial charge in [0.25, 0.3) is 0 Å². The smallest absolute Gasteiger partial charge is 0.166 e. The number of rotatable bonds is 1. The third-order valence-electron chi connectivity index (χ3n) is 1.25. The van der Waals surface area contributed by atoms with Crippen LogP contribution in [-0.2, 0) is 6.42 Å². The van der Waals surface area contributed by atoms with Crippen LogP contribution in [0.25, 0.3) is 0 Å². The van der Waals surface area contributed by atoms with Gasteiger partial charge in [-0.2, -0.15) is 0 Å². The Hall–Kier alpha value is -0.780. The van der Waals surface area contributed by atoms with Crippen molar-refractivity contribution in [2.75, 3.05) is 0 Å². The number of hydrogen-bond donors (Lipinski definition) is 0. The normalized spacial score (nSPS) is 9.50. The van der Waals surface area contributed by atoms with Crippen LogP contribution in [0.3, 0.4) is 0 Å². The van der Waals surface area contributed by atoms with Gasteiger partial charge >= 0.3 is 0 Å². The molecule has 1 rings (SSSR count). The molecule has 0 aliphatic heterocycles. The lowest BCUT2D eigenvalue weighted by molar-refractivity contribution is 0.620. The molecule has 1 heterocycles. The van der Waals surface area contributed by atoms with Crippen LogP contribution in [0.4, 0.5) is 4.39 Å². The summed E-state index contributed by atoms with van der Waals surface area (Å²) in [4.78, 5) is 3.55. The van der Waals surface area contributed by atoms with Gasteiger partial charge in [-0.25, -0.2) is 9.37 Å². The van der Waals surface area contributed by atoms with Gasteiger partial charge in [-0.3, -0.25) is 0 Å². The van der Waals surface area contributed by atoms with Crippen molar-refractivity contribution in [2.45, 2.75) is 6.42 Å². The van der Waals surface area contributed by atoms with Crippen molar-refractivity contribution in [3.05, 3.63) is 27.8 Å². The lowest BCUT2D eigenvalue weighted by atomic mass is 10.2. The third-order valence-corrected chi connectivity index (χ3v) is 1.84. The molecule has 0 radical (unpaired) electrons. The topological polar surface area (TPSA) is 12.9 Å². The fourth-order valence-electron chi connectivity index (χ4n) is 0.717. The second kappa shape index (κ2) is 3.75. The van der Waals surface area contributed by atoms with Crippen molar-refractivity contribution in [1.82, 2.24) is 4.98 Å². The molecule has 0 aromatic carbocycles. The van der Waals surface area contributed by atoms with Gasteiger partial charge in [-0.15, -0.1) is 12.3 Å². The van der Waals surface area contributed by atoms with E-state index in [4.69, 9.17) is 29.6 Å². The molecule has 0 N–H and O–H groups in total.